The monoisotopic (exact) mass is 279 g/mol. The topological polar surface area (TPSA) is 50.1 Å². The first-order chi connectivity index (χ1) is 8.51. The van der Waals surface area contributed by atoms with Gasteiger partial charge in [0.2, 0.25) is 0 Å². The fourth-order valence-corrected chi connectivity index (χ4v) is 1.76. The molecule has 0 bridgehead atoms. The lowest BCUT2D eigenvalue weighted by molar-refractivity contribution is -0.201. The van der Waals surface area contributed by atoms with Gasteiger partial charge in [0, 0.05) is 37.3 Å². The molecule has 0 fully saturated rings. The smallest absolute Gasteiger partial charge is 0.382 e. The van der Waals surface area contributed by atoms with Crippen molar-refractivity contribution in [1.29, 1.82) is 0 Å². The number of nitrogens with one attached hydrogen (secondary N) is 1. The third-order valence-corrected chi connectivity index (χ3v) is 2.65. The molecule has 19 heavy (non-hydrogen) atoms. The molecule has 110 valence electrons. The summed E-state index contributed by atoms with van der Waals surface area (Å²) in [7, 11) is 1.77. The Labute approximate surface area is 110 Å². The minimum atomic E-state index is -4.59. The predicted octanol–water partition coefficient (Wildman–Crippen LogP) is 1.73. The summed E-state index contributed by atoms with van der Waals surface area (Å²) < 4.78 is 38.1. The third-order valence-electron chi connectivity index (χ3n) is 2.65. The summed E-state index contributed by atoms with van der Waals surface area (Å²) in [6, 6.07) is 0. The van der Waals surface area contributed by atoms with Gasteiger partial charge in [-0.3, -0.25) is 4.68 Å². The maximum atomic E-state index is 12.1. The molecule has 0 aromatic carbocycles. The van der Waals surface area contributed by atoms with E-state index in [1.807, 2.05) is 20.8 Å². The quantitative estimate of drug-likeness (QED) is 0.882. The maximum Gasteiger partial charge on any atom is 0.415 e. The number of aryl methyl sites for hydroxylation is 1. The van der Waals surface area contributed by atoms with E-state index in [4.69, 9.17) is 5.11 Å². The summed E-state index contributed by atoms with van der Waals surface area (Å²) in [5.74, 6) is 0. The van der Waals surface area contributed by atoms with E-state index in [1.54, 1.807) is 17.9 Å². The van der Waals surface area contributed by atoms with Gasteiger partial charge in [0.05, 0.1) is 5.69 Å². The summed E-state index contributed by atoms with van der Waals surface area (Å²) >= 11 is 0. The Balaban J connectivity index is 2.64. The third kappa shape index (κ3) is 4.50. The molecule has 1 aromatic heterocycles. The largest absolute Gasteiger partial charge is 0.415 e. The van der Waals surface area contributed by atoms with Crippen molar-refractivity contribution in [2.75, 3.05) is 6.54 Å². The Morgan fingerprint density at radius 2 is 1.95 bits per heavy atom. The van der Waals surface area contributed by atoms with Crippen LogP contribution in [0.1, 0.15) is 32.0 Å². The van der Waals surface area contributed by atoms with Gasteiger partial charge in [-0.25, -0.2) is 0 Å². The minimum Gasteiger partial charge on any atom is -0.382 e. The molecular weight excluding hydrogens is 259 g/mol. The van der Waals surface area contributed by atoms with Crippen molar-refractivity contribution in [3.05, 3.63) is 17.5 Å². The maximum absolute atomic E-state index is 12.1. The van der Waals surface area contributed by atoms with Crippen LogP contribution in [-0.2, 0) is 19.0 Å². The first kappa shape index (κ1) is 16.0. The molecule has 0 spiro atoms. The van der Waals surface area contributed by atoms with Crippen molar-refractivity contribution in [3.63, 3.8) is 0 Å². The van der Waals surface area contributed by atoms with Crippen molar-refractivity contribution in [1.82, 2.24) is 15.1 Å². The molecule has 0 aliphatic heterocycles. The van der Waals surface area contributed by atoms with Crippen LogP contribution in [0.3, 0.4) is 0 Å². The van der Waals surface area contributed by atoms with Crippen LogP contribution >= 0.6 is 0 Å². The summed E-state index contributed by atoms with van der Waals surface area (Å²) in [6.45, 7) is 5.69. The van der Waals surface area contributed by atoms with Gasteiger partial charge >= 0.3 is 6.18 Å². The predicted molar refractivity (Wildman–Crippen MR) is 65.7 cm³/mol. The highest BCUT2D eigenvalue weighted by atomic mass is 19.4. The summed E-state index contributed by atoms with van der Waals surface area (Å²) in [5, 5.41) is 15.8. The Morgan fingerprint density at radius 1 is 1.37 bits per heavy atom. The molecule has 7 heteroatoms. The van der Waals surface area contributed by atoms with Crippen molar-refractivity contribution >= 4 is 0 Å². The zero-order valence-corrected chi connectivity index (χ0v) is 11.5. The number of hydrogen-bond acceptors (Lipinski definition) is 3. The van der Waals surface area contributed by atoms with Gasteiger partial charge in [-0.1, -0.05) is 20.8 Å². The molecule has 4 nitrogen and oxygen atoms in total. The van der Waals surface area contributed by atoms with E-state index in [0.29, 0.717) is 0 Å². The molecule has 0 radical (unpaired) electrons. The molecule has 0 saturated heterocycles. The summed E-state index contributed by atoms with van der Waals surface area (Å²) in [5.41, 5.74) is 1.49. The average Bonchev–Trinajstić information content (AvgIpc) is 2.57. The molecule has 0 amide bonds. The Kier molecular flexibility index (Phi) is 4.63. The van der Waals surface area contributed by atoms with E-state index in [1.165, 1.54) is 0 Å². The van der Waals surface area contributed by atoms with Crippen LogP contribution in [0, 0.1) is 0 Å². The van der Waals surface area contributed by atoms with Gasteiger partial charge in [0.15, 0.2) is 6.10 Å². The molecular formula is C12H20F3N3O. The molecule has 1 aromatic rings. The number of hydrogen-bond donors (Lipinski definition) is 2. The highest BCUT2D eigenvalue weighted by Crippen LogP contribution is 2.24. The highest BCUT2D eigenvalue weighted by Gasteiger charge is 2.37. The standard InChI is InChI=1S/C12H20F3N3O/c1-11(2,3)10-8(7-18(4)17-10)5-16-6-9(19)12(13,14)15/h7,9,16,19H,5-6H2,1-4H3. The second-order valence-electron chi connectivity index (χ2n) is 5.61. The first-order valence-electron chi connectivity index (χ1n) is 6.00. The molecule has 1 rings (SSSR count). The number of halogens is 3. The Bertz CT molecular complexity index is 421. The molecule has 1 unspecified atom stereocenters. The second kappa shape index (κ2) is 5.50. The van der Waals surface area contributed by atoms with Crippen LogP contribution in [0.2, 0.25) is 0 Å². The van der Waals surface area contributed by atoms with Crippen molar-refractivity contribution in [2.45, 2.75) is 45.0 Å². The molecule has 2 N–H and O–H groups in total. The zero-order valence-electron chi connectivity index (χ0n) is 11.5. The first-order valence-corrected chi connectivity index (χ1v) is 6.00. The minimum absolute atomic E-state index is 0.180. The Morgan fingerprint density at radius 3 is 2.42 bits per heavy atom. The normalized spacial score (nSPS) is 14.7. The van der Waals surface area contributed by atoms with Crippen LogP contribution in [0.25, 0.3) is 0 Å². The van der Waals surface area contributed by atoms with Gasteiger partial charge < -0.3 is 10.4 Å². The van der Waals surface area contributed by atoms with Gasteiger partial charge in [-0.05, 0) is 0 Å². The fourth-order valence-electron chi connectivity index (χ4n) is 1.76. The van der Waals surface area contributed by atoms with Gasteiger partial charge in [0.25, 0.3) is 0 Å². The Hall–Kier alpha value is -1.08. The molecule has 0 aliphatic carbocycles. The van der Waals surface area contributed by atoms with Gasteiger partial charge in [-0.15, -0.1) is 0 Å². The van der Waals surface area contributed by atoms with E-state index in [-0.39, 0.29) is 12.0 Å². The summed E-state index contributed by atoms with van der Waals surface area (Å²) in [4.78, 5) is 0. The van der Waals surface area contributed by atoms with Crippen LogP contribution in [-0.4, -0.2) is 33.7 Å². The van der Waals surface area contributed by atoms with E-state index in [0.717, 1.165) is 11.3 Å². The van der Waals surface area contributed by atoms with Gasteiger partial charge in [0.1, 0.15) is 0 Å². The number of alkyl halides is 3. The van der Waals surface area contributed by atoms with Crippen molar-refractivity contribution in [3.8, 4) is 0 Å². The van der Waals surface area contributed by atoms with E-state index < -0.39 is 18.8 Å². The van der Waals surface area contributed by atoms with E-state index in [2.05, 4.69) is 10.4 Å². The zero-order chi connectivity index (χ0) is 14.8. The molecule has 1 atom stereocenters. The van der Waals surface area contributed by atoms with Crippen LogP contribution in [0.15, 0.2) is 6.20 Å². The van der Waals surface area contributed by atoms with Crippen molar-refractivity contribution in [2.24, 2.45) is 7.05 Å². The van der Waals surface area contributed by atoms with E-state index >= 15 is 0 Å². The lowest BCUT2D eigenvalue weighted by Crippen LogP contribution is -2.38. The molecule has 0 saturated carbocycles. The number of aliphatic hydroxyl groups excluding tert-OH is 1. The number of aliphatic hydroxyl groups is 1. The van der Waals surface area contributed by atoms with Gasteiger partial charge in [-0.2, -0.15) is 18.3 Å². The SMILES string of the molecule is Cn1cc(CNCC(O)C(F)(F)F)c(C(C)(C)C)n1. The lowest BCUT2D eigenvalue weighted by atomic mass is 9.89. The fraction of sp³-hybridized carbons (Fsp3) is 0.750. The summed E-state index contributed by atoms with van der Waals surface area (Å²) in [6.07, 6.45) is -5.16. The lowest BCUT2D eigenvalue weighted by Gasteiger charge is -2.18. The molecule has 1 heterocycles. The number of aromatic nitrogens is 2. The van der Waals surface area contributed by atoms with Crippen LogP contribution in [0.4, 0.5) is 13.2 Å². The second-order valence-corrected chi connectivity index (χ2v) is 5.61. The van der Waals surface area contributed by atoms with Crippen LogP contribution < -0.4 is 5.32 Å². The van der Waals surface area contributed by atoms with E-state index in [9.17, 15) is 13.2 Å². The van der Waals surface area contributed by atoms with Crippen molar-refractivity contribution < 1.29 is 18.3 Å². The highest BCUT2D eigenvalue weighted by molar-refractivity contribution is 5.23. The number of rotatable bonds is 4. The average molecular weight is 279 g/mol. The molecule has 0 aliphatic rings. The number of nitrogens with zero attached hydrogens (tertiary/aromatic N) is 2. The van der Waals surface area contributed by atoms with Crippen LogP contribution in [0.5, 0.6) is 0 Å².